The first-order valence-electron chi connectivity index (χ1n) is 7.23. The standard InChI is InChI=1S/C17H17Cl2N3O2S/c1-10(13-6-5-12(23-2)9-16(13)24-3)21-22-17(25)20-15-7-4-11(18)8-14(15)19/h4-9H,1-3H3,(H2,20,22,25). The molecule has 0 aliphatic heterocycles. The molecule has 0 radical (unpaired) electrons. The number of anilines is 1. The Bertz CT molecular complexity index is 812. The van der Waals surface area contributed by atoms with Crippen LogP contribution in [0.4, 0.5) is 5.69 Å². The van der Waals surface area contributed by atoms with Gasteiger partial charge in [0.2, 0.25) is 0 Å². The molecule has 2 aromatic rings. The molecule has 0 saturated carbocycles. The van der Waals surface area contributed by atoms with E-state index in [0.717, 1.165) is 5.56 Å². The second-order valence-electron chi connectivity index (χ2n) is 4.95. The SMILES string of the molecule is COc1ccc(C(C)=NNC(=S)Nc2ccc(Cl)cc2Cl)c(OC)c1. The molecule has 2 aromatic carbocycles. The van der Waals surface area contributed by atoms with Gasteiger partial charge in [-0.15, -0.1) is 0 Å². The molecule has 0 atom stereocenters. The van der Waals surface area contributed by atoms with E-state index >= 15 is 0 Å². The first kappa shape index (κ1) is 19.3. The second kappa shape index (κ2) is 8.89. The minimum absolute atomic E-state index is 0.302. The Balaban J connectivity index is 2.09. The van der Waals surface area contributed by atoms with Crippen LogP contribution in [0.5, 0.6) is 11.5 Å². The van der Waals surface area contributed by atoms with Crippen molar-refractivity contribution in [1.29, 1.82) is 0 Å². The number of thiocarbonyl (C=S) groups is 1. The topological polar surface area (TPSA) is 54.9 Å². The van der Waals surface area contributed by atoms with E-state index in [1.807, 2.05) is 19.1 Å². The van der Waals surface area contributed by atoms with E-state index in [0.29, 0.717) is 38.1 Å². The molecule has 2 N–H and O–H groups in total. The van der Waals surface area contributed by atoms with Crippen LogP contribution in [0.1, 0.15) is 12.5 Å². The van der Waals surface area contributed by atoms with E-state index in [1.165, 1.54) is 0 Å². The quantitative estimate of drug-likeness (QED) is 0.434. The molecule has 0 aliphatic carbocycles. The van der Waals surface area contributed by atoms with Gasteiger partial charge in [-0.2, -0.15) is 5.10 Å². The average Bonchev–Trinajstić information content (AvgIpc) is 2.61. The molecule has 25 heavy (non-hydrogen) atoms. The minimum atomic E-state index is 0.302. The normalized spacial score (nSPS) is 11.0. The van der Waals surface area contributed by atoms with Crippen LogP contribution in [-0.2, 0) is 0 Å². The van der Waals surface area contributed by atoms with Crippen molar-refractivity contribution >= 4 is 51.9 Å². The number of rotatable bonds is 5. The van der Waals surface area contributed by atoms with Gasteiger partial charge in [0.15, 0.2) is 5.11 Å². The summed E-state index contributed by atoms with van der Waals surface area (Å²) < 4.78 is 10.6. The van der Waals surface area contributed by atoms with Gasteiger partial charge >= 0.3 is 0 Å². The Labute approximate surface area is 161 Å². The van der Waals surface area contributed by atoms with Crippen LogP contribution >= 0.6 is 35.4 Å². The number of methoxy groups -OCH3 is 2. The Hall–Kier alpha value is -2.02. The highest BCUT2D eigenvalue weighted by Gasteiger charge is 2.09. The third-order valence-electron chi connectivity index (χ3n) is 3.30. The van der Waals surface area contributed by atoms with E-state index in [1.54, 1.807) is 38.5 Å². The molecule has 0 spiro atoms. The van der Waals surface area contributed by atoms with Gasteiger partial charge in [0.05, 0.1) is 30.6 Å². The van der Waals surface area contributed by atoms with Crippen molar-refractivity contribution in [3.8, 4) is 11.5 Å². The van der Waals surface area contributed by atoms with Crippen molar-refractivity contribution < 1.29 is 9.47 Å². The Morgan fingerprint density at radius 1 is 1.08 bits per heavy atom. The minimum Gasteiger partial charge on any atom is -0.497 e. The van der Waals surface area contributed by atoms with Crippen LogP contribution in [0.3, 0.4) is 0 Å². The predicted octanol–water partition coefficient (Wildman–Crippen LogP) is 4.72. The molecular formula is C17H17Cl2N3O2S. The molecule has 0 bridgehead atoms. The Morgan fingerprint density at radius 2 is 1.84 bits per heavy atom. The summed E-state index contributed by atoms with van der Waals surface area (Å²) in [5.74, 6) is 1.36. The van der Waals surface area contributed by atoms with E-state index in [4.69, 9.17) is 44.9 Å². The molecule has 0 saturated heterocycles. The number of hydrogen-bond donors (Lipinski definition) is 2. The van der Waals surface area contributed by atoms with Crippen LogP contribution < -0.4 is 20.2 Å². The molecule has 0 amide bonds. The smallest absolute Gasteiger partial charge is 0.191 e. The zero-order valence-corrected chi connectivity index (χ0v) is 16.2. The fourth-order valence-electron chi connectivity index (χ4n) is 2.03. The summed E-state index contributed by atoms with van der Waals surface area (Å²) in [7, 11) is 3.19. The van der Waals surface area contributed by atoms with Gasteiger partial charge < -0.3 is 14.8 Å². The van der Waals surface area contributed by atoms with E-state index in [9.17, 15) is 0 Å². The van der Waals surface area contributed by atoms with Gasteiger partial charge in [-0.05, 0) is 49.5 Å². The van der Waals surface area contributed by atoms with Gasteiger partial charge in [-0.25, -0.2) is 0 Å². The van der Waals surface area contributed by atoms with Gasteiger partial charge in [-0.1, -0.05) is 23.2 Å². The van der Waals surface area contributed by atoms with Gasteiger partial charge in [0.25, 0.3) is 0 Å². The van der Waals surface area contributed by atoms with Crippen LogP contribution in [0.2, 0.25) is 10.0 Å². The molecule has 5 nitrogen and oxygen atoms in total. The van der Waals surface area contributed by atoms with Crippen molar-refractivity contribution in [3.63, 3.8) is 0 Å². The number of benzene rings is 2. The number of nitrogens with zero attached hydrogens (tertiary/aromatic N) is 1. The van der Waals surface area contributed by atoms with Crippen molar-refractivity contribution in [2.75, 3.05) is 19.5 Å². The third-order valence-corrected chi connectivity index (χ3v) is 4.04. The Kier molecular flexibility index (Phi) is 6.87. The maximum atomic E-state index is 6.10. The molecule has 8 heteroatoms. The Morgan fingerprint density at radius 3 is 2.48 bits per heavy atom. The first-order valence-corrected chi connectivity index (χ1v) is 8.39. The fraction of sp³-hybridized carbons (Fsp3) is 0.176. The fourth-order valence-corrected chi connectivity index (χ4v) is 2.64. The molecular weight excluding hydrogens is 381 g/mol. The lowest BCUT2D eigenvalue weighted by Crippen LogP contribution is -2.25. The summed E-state index contributed by atoms with van der Waals surface area (Å²) in [5.41, 5.74) is 4.94. The molecule has 0 heterocycles. The zero-order chi connectivity index (χ0) is 18.4. The summed E-state index contributed by atoms with van der Waals surface area (Å²) in [5, 5.41) is 8.56. The number of halogens is 2. The van der Waals surface area contributed by atoms with Gasteiger partial charge in [-0.3, -0.25) is 5.43 Å². The number of hydrogen-bond acceptors (Lipinski definition) is 4. The monoisotopic (exact) mass is 397 g/mol. The molecule has 0 aliphatic rings. The summed E-state index contributed by atoms with van der Waals surface area (Å²) in [6.45, 7) is 1.84. The van der Waals surface area contributed by atoms with Crippen molar-refractivity contribution in [2.24, 2.45) is 5.10 Å². The average molecular weight is 398 g/mol. The first-order chi connectivity index (χ1) is 11.9. The zero-order valence-electron chi connectivity index (χ0n) is 13.9. The maximum Gasteiger partial charge on any atom is 0.191 e. The molecule has 0 aromatic heterocycles. The highest BCUT2D eigenvalue weighted by Crippen LogP contribution is 2.26. The van der Waals surface area contributed by atoms with Gasteiger partial charge in [0, 0.05) is 16.7 Å². The maximum absolute atomic E-state index is 6.10. The van der Waals surface area contributed by atoms with Crippen LogP contribution in [0.25, 0.3) is 0 Å². The molecule has 2 rings (SSSR count). The molecule has 0 unspecified atom stereocenters. The number of nitrogens with one attached hydrogen (secondary N) is 2. The van der Waals surface area contributed by atoms with Crippen LogP contribution in [0, 0.1) is 0 Å². The van der Waals surface area contributed by atoms with E-state index < -0.39 is 0 Å². The highest BCUT2D eigenvalue weighted by atomic mass is 35.5. The number of hydrazone groups is 1. The summed E-state index contributed by atoms with van der Waals surface area (Å²) in [6.07, 6.45) is 0. The van der Waals surface area contributed by atoms with Crippen molar-refractivity contribution in [1.82, 2.24) is 5.43 Å². The second-order valence-corrected chi connectivity index (χ2v) is 6.21. The summed E-state index contributed by atoms with van der Waals surface area (Å²) in [6, 6.07) is 10.6. The van der Waals surface area contributed by atoms with Crippen LogP contribution in [0.15, 0.2) is 41.5 Å². The molecule has 132 valence electrons. The summed E-state index contributed by atoms with van der Waals surface area (Å²) >= 11 is 17.2. The van der Waals surface area contributed by atoms with Gasteiger partial charge in [0.1, 0.15) is 11.5 Å². The number of ether oxygens (including phenoxy) is 2. The van der Waals surface area contributed by atoms with E-state index in [-0.39, 0.29) is 0 Å². The lowest BCUT2D eigenvalue weighted by Gasteiger charge is -2.12. The third kappa shape index (κ3) is 5.22. The largest absolute Gasteiger partial charge is 0.497 e. The lowest BCUT2D eigenvalue weighted by atomic mass is 10.1. The van der Waals surface area contributed by atoms with Crippen molar-refractivity contribution in [3.05, 3.63) is 52.0 Å². The summed E-state index contributed by atoms with van der Waals surface area (Å²) in [4.78, 5) is 0. The molecule has 0 fully saturated rings. The van der Waals surface area contributed by atoms with E-state index in [2.05, 4.69) is 15.8 Å². The highest BCUT2D eigenvalue weighted by molar-refractivity contribution is 7.80. The predicted molar refractivity (Wildman–Crippen MR) is 108 cm³/mol. The van der Waals surface area contributed by atoms with Crippen LogP contribution in [-0.4, -0.2) is 25.0 Å². The lowest BCUT2D eigenvalue weighted by molar-refractivity contribution is 0.394. The van der Waals surface area contributed by atoms with Crippen molar-refractivity contribution in [2.45, 2.75) is 6.92 Å².